The monoisotopic (exact) mass is 312 g/mol. The highest BCUT2D eigenvalue weighted by Gasteiger charge is 2.13. The second-order valence-electron chi connectivity index (χ2n) is 3.93. The molecule has 102 valence electrons. The van der Waals surface area contributed by atoms with Gasteiger partial charge in [-0.3, -0.25) is 5.10 Å². The number of halogens is 3. The quantitative estimate of drug-likeness (QED) is 0.676. The summed E-state index contributed by atoms with van der Waals surface area (Å²) in [6, 6.07) is 2.29. The van der Waals surface area contributed by atoms with Gasteiger partial charge in [0.1, 0.15) is 11.6 Å². The first-order valence-corrected chi connectivity index (χ1v) is 6.18. The van der Waals surface area contributed by atoms with Crippen molar-refractivity contribution >= 4 is 51.7 Å². The number of nitrogens with one attached hydrogen (secondary N) is 2. The summed E-state index contributed by atoms with van der Waals surface area (Å²) in [6.45, 7) is 0. The molecule has 3 rings (SSSR count). The Morgan fingerprint density at radius 1 is 1.20 bits per heavy atom. The number of aromatic nitrogens is 4. The van der Waals surface area contributed by atoms with Crippen LogP contribution in [0, 0.1) is 5.82 Å². The molecule has 0 fully saturated rings. The first-order valence-electron chi connectivity index (χ1n) is 5.43. The largest absolute Gasteiger partial charge is 0.368 e. The molecule has 0 aliphatic carbocycles. The standard InChI is InChI=1S/C11H7Cl2FN6/c12-6-1-4(14)2-7(13)8(6)17-9-5-3-16-20-10(5)19-11(15)18-9/h1-3H,(H4,15,16,17,18,19,20). The normalized spacial score (nSPS) is 10.9. The van der Waals surface area contributed by atoms with Gasteiger partial charge in [-0.15, -0.1) is 0 Å². The van der Waals surface area contributed by atoms with Gasteiger partial charge in [-0.25, -0.2) is 4.39 Å². The molecule has 2 heterocycles. The Morgan fingerprint density at radius 2 is 1.90 bits per heavy atom. The molecule has 9 heteroatoms. The Labute approximate surface area is 122 Å². The third kappa shape index (κ3) is 2.21. The van der Waals surface area contributed by atoms with Gasteiger partial charge in [0.05, 0.1) is 27.3 Å². The van der Waals surface area contributed by atoms with Gasteiger partial charge < -0.3 is 11.1 Å². The summed E-state index contributed by atoms with van der Waals surface area (Å²) in [7, 11) is 0. The summed E-state index contributed by atoms with van der Waals surface area (Å²) in [5, 5.41) is 10.3. The van der Waals surface area contributed by atoms with Crippen molar-refractivity contribution in [1.82, 2.24) is 20.2 Å². The fraction of sp³-hybridized carbons (Fsp3) is 0. The van der Waals surface area contributed by atoms with Crippen molar-refractivity contribution in [3.05, 3.63) is 34.2 Å². The third-order valence-corrected chi connectivity index (χ3v) is 3.17. The van der Waals surface area contributed by atoms with Gasteiger partial charge in [0.2, 0.25) is 5.95 Å². The number of hydrogen-bond acceptors (Lipinski definition) is 5. The number of nitrogens with two attached hydrogens (primary N) is 1. The van der Waals surface area contributed by atoms with Gasteiger partial charge in [0, 0.05) is 0 Å². The minimum atomic E-state index is -0.527. The maximum atomic E-state index is 13.2. The molecular formula is C11H7Cl2FN6. The minimum absolute atomic E-state index is 0.0543. The van der Waals surface area contributed by atoms with Gasteiger partial charge in [0.15, 0.2) is 5.65 Å². The van der Waals surface area contributed by atoms with Crippen LogP contribution >= 0.6 is 23.2 Å². The predicted octanol–water partition coefficient (Wildman–Crippen LogP) is 3.12. The highest BCUT2D eigenvalue weighted by atomic mass is 35.5. The van der Waals surface area contributed by atoms with Crippen LogP contribution in [-0.4, -0.2) is 20.2 Å². The Kier molecular flexibility index (Phi) is 3.07. The van der Waals surface area contributed by atoms with Crippen LogP contribution in [0.4, 0.5) is 21.8 Å². The van der Waals surface area contributed by atoms with E-state index in [4.69, 9.17) is 28.9 Å². The number of anilines is 3. The van der Waals surface area contributed by atoms with Crippen molar-refractivity contribution in [3.8, 4) is 0 Å². The van der Waals surface area contributed by atoms with Crippen molar-refractivity contribution in [2.24, 2.45) is 0 Å². The molecule has 3 aromatic rings. The van der Waals surface area contributed by atoms with E-state index in [9.17, 15) is 4.39 Å². The zero-order valence-corrected chi connectivity index (χ0v) is 11.3. The topological polar surface area (TPSA) is 92.5 Å². The molecule has 4 N–H and O–H groups in total. The van der Waals surface area contributed by atoms with Gasteiger partial charge in [-0.05, 0) is 12.1 Å². The first kappa shape index (κ1) is 12.9. The summed E-state index contributed by atoms with van der Waals surface area (Å²) in [5.74, 6) is -0.100. The second kappa shape index (κ2) is 4.77. The highest BCUT2D eigenvalue weighted by Crippen LogP contribution is 2.34. The van der Waals surface area contributed by atoms with Gasteiger partial charge in [0.25, 0.3) is 0 Å². The first-order chi connectivity index (χ1) is 9.54. The molecular weight excluding hydrogens is 306 g/mol. The lowest BCUT2D eigenvalue weighted by Gasteiger charge is -2.10. The molecule has 0 aliphatic heterocycles. The molecule has 0 unspecified atom stereocenters. The Balaban J connectivity index is 2.12. The average molecular weight is 313 g/mol. The van der Waals surface area contributed by atoms with Crippen molar-refractivity contribution in [3.63, 3.8) is 0 Å². The summed E-state index contributed by atoms with van der Waals surface area (Å²) in [5.41, 5.74) is 6.40. The van der Waals surface area contributed by atoms with Gasteiger partial charge in [-0.1, -0.05) is 23.2 Å². The smallest absolute Gasteiger partial charge is 0.224 e. The molecule has 0 spiro atoms. The fourth-order valence-corrected chi connectivity index (χ4v) is 2.28. The van der Waals surface area contributed by atoms with Crippen LogP contribution < -0.4 is 11.1 Å². The number of nitrogen functional groups attached to an aromatic ring is 1. The molecule has 0 bridgehead atoms. The van der Waals surface area contributed by atoms with E-state index in [0.717, 1.165) is 12.1 Å². The molecule has 6 nitrogen and oxygen atoms in total. The molecule has 2 aromatic heterocycles. The van der Waals surface area contributed by atoms with Crippen molar-refractivity contribution in [1.29, 1.82) is 0 Å². The Morgan fingerprint density at radius 3 is 2.60 bits per heavy atom. The number of benzene rings is 1. The van der Waals surface area contributed by atoms with Crippen LogP contribution in [0.2, 0.25) is 10.0 Å². The Bertz CT molecular complexity index is 780. The lowest BCUT2D eigenvalue weighted by Crippen LogP contribution is -2.01. The van der Waals surface area contributed by atoms with Crippen LogP contribution in [0.3, 0.4) is 0 Å². The van der Waals surface area contributed by atoms with Crippen molar-refractivity contribution in [2.75, 3.05) is 11.1 Å². The Hall–Kier alpha value is -2.12. The summed E-state index contributed by atoms with van der Waals surface area (Å²) in [4.78, 5) is 8.04. The van der Waals surface area contributed by atoms with E-state index in [-0.39, 0.29) is 16.0 Å². The molecule has 0 amide bonds. The third-order valence-electron chi connectivity index (χ3n) is 2.58. The maximum Gasteiger partial charge on any atom is 0.224 e. The summed E-state index contributed by atoms with van der Waals surface area (Å²) < 4.78 is 13.2. The van der Waals surface area contributed by atoms with Crippen LogP contribution in [-0.2, 0) is 0 Å². The van der Waals surface area contributed by atoms with Crippen molar-refractivity contribution < 1.29 is 4.39 Å². The van der Waals surface area contributed by atoms with E-state index in [1.165, 1.54) is 6.20 Å². The summed E-state index contributed by atoms with van der Waals surface area (Å²) >= 11 is 11.9. The molecule has 20 heavy (non-hydrogen) atoms. The fourth-order valence-electron chi connectivity index (χ4n) is 1.73. The van der Waals surface area contributed by atoms with E-state index < -0.39 is 5.82 Å². The van der Waals surface area contributed by atoms with E-state index >= 15 is 0 Å². The maximum absolute atomic E-state index is 13.2. The number of hydrogen-bond donors (Lipinski definition) is 3. The SMILES string of the molecule is Nc1nc(Nc2c(Cl)cc(F)cc2Cl)c2cn[nH]c2n1. The number of rotatable bonds is 2. The van der Waals surface area contributed by atoms with Gasteiger partial charge in [-0.2, -0.15) is 15.1 Å². The number of H-pyrrole nitrogens is 1. The molecule has 1 aromatic carbocycles. The van der Waals surface area contributed by atoms with E-state index in [0.29, 0.717) is 22.5 Å². The predicted molar refractivity (Wildman–Crippen MR) is 75.8 cm³/mol. The molecule has 0 aliphatic rings. The molecule has 0 saturated heterocycles. The molecule has 0 radical (unpaired) electrons. The minimum Gasteiger partial charge on any atom is -0.368 e. The van der Waals surface area contributed by atoms with Crippen LogP contribution in [0.25, 0.3) is 11.0 Å². The lowest BCUT2D eigenvalue weighted by atomic mass is 10.3. The van der Waals surface area contributed by atoms with E-state index in [1.54, 1.807) is 0 Å². The van der Waals surface area contributed by atoms with Crippen LogP contribution in [0.15, 0.2) is 18.3 Å². The van der Waals surface area contributed by atoms with Gasteiger partial charge >= 0.3 is 0 Å². The zero-order valence-electron chi connectivity index (χ0n) is 9.78. The number of fused-ring (bicyclic) bond motifs is 1. The second-order valence-corrected chi connectivity index (χ2v) is 4.75. The lowest BCUT2D eigenvalue weighted by molar-refractivity contribution is 0.628. The molecule has 0 saturated carbocycles. The summed E-state index contributed by atoms with van der Waals surface area (Å²) in [6.07, 6.45) is 1.53. The number of nitrogens with zero attached hydrogens (tertiary/aromatic N) is 3. The molecule has 0 atom stereocenters. The van der Waals surface area contributed by atoms with Crippen LogP contribution in [0.5, 0.6) is 0 Å². The van der Waals surface area contributed by atoms with Crippen molar-refractivity contribution in [2.45, 2.75) is 0 Å². The number of aromatic amines is 1. The van der Waals surface area contributed by atoms with E-state index in [1.807, 2.05) is 0 Å². The average Bonchev–Trinajstić information content (AvgIpc) is 2.81. The zero-order chi connectivity index (χ0) is 14.3. The highest BCUT2D eigenvalue weighted by molar-refractivity contribution is 6.39. The van der Waals surface area contributed by atoms with Crippen LogP contribution in [0.1, 0.15) is 0 Å². The van der Waals surface area contributed by atoms with E-state index in [2.05, 4.69) is 25.5 Å².